The van der Waals surface area contributed by atoms with E-state index in [1.54, 1.807) is 12.1 Å². The van der Waals surface area contributed by atoms with E-state index in [0.29, 0.717) is 18.8 Å². The number of hydrogen-bond acceptors (Lipinski definition) is 6. The second-order valence-corrected chi connectivity index (χ2v) is 8.42. The van der Waals surface area contributed by atoms with Gasteiger partial charge in [-0.25, -0.2) is 4.79 Å². The molecular weight excluding hydrogens is 436 g/mol. The van der Waals surface area contributed by atoms with Crippen LogP contribution in [0.1, 0.15) is 44.0 Å². The molecule has 2 aromatic rings. The Labute approximate surface area is 191 Å². The van der Waals surface area contributed by atoms with Crippen LogP contribution in [0, 0.1) is 10.1 Å². The van der Waals surface area contributed by atoms with Crippen LogP contribution >= 0.6 is 11.6 Å². The number of ether oxygens (including phenoxy) is 1. The molecule has 0 heterocycles. The number of nitro groups is 1. The predicted molar refractivity (Wildman–Crippen MR) is 124 cm³/mol. The summed E-state index contributed by atoms with van der Waals surface area (Å²) < 4.78 is 5.17. The summed E-state index contributed by atoms with van der Waals surface area (Å²) in [4.78, 5) is 34.3. The maximum atomic E-state index is 12.4. The molecule has 0 radical (unpaired) electrons. The van der Waals surface area contributed by atoms with E-state index >= 15 is 0 Å². The summed E-state index contributed by atoms with van der Waals surface area (Å²) in [7, 11) is 0. The highest BCUT2D eigenvalue weighted by atomic mass is 35.5. The molecule has 2 rings (SSSR count). The Bertz CT molecular complexity index is 958. The summed E-state index contributed by atoms with van der Waals surface area (Å²) in [6.07, 6.45) is 1.22. The van der Waals surface area contributed by atoms with Crippen LogP contribution < -0.4 is 16.0 Å². The number of rotatable bonds is 9. The molecule has 2 amide bonds. The Kier molecular flexibility index (Phi) is 8.83. The van der Waals surface area contributed by atoms with Crippen molar-refractivity contribution in [3.63, 3.8) is 0 Å². The van der Waals surface area contributed by atoms with Gasteiger partial charge in [0, 0.05) is 36.6 Å². The monoisotopic (exact) mass is 462 g/mol. The highest BCUT2D eigenvalue weighted by molar-refractivity contribution is 6.34. The first-order valence-electron chi connectivity index (χ1n) is 10.1. The first-order valence-corrected chi connectivity index (χ1v) is 10.5. The molecule has 0 bridgehead atoms. The van der Waals surface area contributed by atoms with Gasteiger partial charge in [-0.3, -0.25) is 14.9 Å². The zero-order valence-corrected chi connectivity index (χ0v) is 19.0. The standard InChI is InChI=1S/C22H27ClN4O5/c1-22(2,3)32-21(29)25-13-5-4-12-24-15-6-8-16(9-7-15)26-20(28)18-14-17(27(30)31)10-11-19(18)23/h6-11,14,24H,4-5,12-13H2,1-3H3,(H,25,29)(H,26,28). The van der Waals surface area contributed by atoms with Gasteiger partial charge >= 0.3 is 6.09 Å². The maximum Gasteiger partial charge on any atom is 0.407 e. The summed E-state index contributed by atoms with van der Waals surface area (Å²) in [5, 5.41) is 19.7. The molecule has 3 N–H and O–H groups in total. The number of anilines is 2. The summed E-state index contributed by atoms with van der Waals surface area (Å²) in [5.74, 6) is -0.531. The number of benzene rings is 2. The Morgan fingerprint density at radius 3 is 2.28 bits per heavy atom. The molecule has 2 aromatic carbocycles. The molecule has 9 nitrogen and oxygen atoms in total. The topological polar surface area (TPSA) is 123 Å². The van der Waals surface area contributed by atoms with Crippen molar-refractivity contribution < 1.29 is 19.2 Å². The lowest BCUT2D eigenvalue weighted by Gasteiger charge is -2.19. The Morgan fingerprint density at radius 2 is 1.66 bits per heavy atom. The van der Waals surface area contributed by atoms with Crippen molar-refractivity contribution in [1.29, 1.82) is 0 Å². The second kappa shape index (κ2) is 11.3. The molecular formula is C22H27ClN4O5. The summed E-state index contributed by atoms with van der Waals surface area (Å²) in [6.45, 7) is 6.69. The molecule has 0 atom stereocenters. The van der Waals surface area contributed by atoms with Gasteiger partial charge in [-0.05, 0) is 63.9 Å². The lowest BCUT2D eigenvalue weighted by molar-refractivity contribution is -0.384. The molecule has 0 fully saturated rings. The summed E-state index contributed by atoms with van der Waals surface area (Å²) in [5.41, 5.74) is 0.715. The minimum Gasteiger partial charge on any atom is -0.444 e. The average Bonchev–Trinajstić information content (AvgIpc) is 2.70. The van der Waals surface area contributed by atoms with E-state index in [9.17, 15) is 19.7 Å². The largest absolute Gasteiger partial charge is 0.444 e. The smallest absolute Gasteiger partial charge is 0.407 e. The molecule has 172 valence electrons. The molecule has 0 spiro atoms. The fourth-order valence-electron chi connectivity index (χ4n) is 2.66. The molecule has 0 saturated carbocycles. The number of unbranched alkanes of at least 4 members (excludes halogenated alkanes) is 1. The van der Waals surface area contributed by atoms with Gasteiger partial charge in [-0.1, -0.05) is 11.6 Å². The lowest BCUT2D eigenvalue weighted by atomic mass is 10.1. The van der Waals surface area contributed by atoms with Crippen molar-refractivity contribution >= 4 is 40.7 Å². The number of nitro benzene ring substituents is 1. The van der Waals surface area contributed by atoms with Gasteiger partial charge in [-0.15, -0.1) is 0 Å². The van der Waals surface area contributed by atoms with Crippen molar-refractivity contribution in [3.05, 3.63) is 63.2 Å². The van der Waals surface area contributed by atoms with E-state index < -0.39 is 22.5 Å². The quantitative estimate of drug-likeness (QED) is 0.267. The number of halogens is 1. The van der Waals surface area contributed by atoms with Gasteiger partial charge in [0.2, 0.25) is 0 Å². The van der Waals surface area contributed by atoms with Gasteiger partial charge in [0.15, 0.2) is 0 Å². The average molecular weight is 463 g/mol. The molecule has 32 heavy (non-hydrogen) atoms. The number of carbonyl (C=O) groups is 2. The normalized spacial score (nSPS) is 10.9. The number of non-ortho nitro benzene ring substituents is 1. The third kappa shape index (κ3) is 8.43. The van der Waals surface area contributed by atoms with Crippen molar-refractivity contribution in [2.75, 3.05) is 23.7 Å². The van der Waals surface area contributed by atoms with Crippen LogP contribution in [-0.2, 0) is 4.74 Å². The van der Waals surface area contributed by atoms with Crippen molar-refractivity contribution in [2.45, 2.75) is 39.2 Å². The van der Waals surface area contributed by atoms with E-state index in [1.807, 2.05) is 32.9 Å². The molecule has 0 aliphatic carbocycles. The highest BCUT2D eigenvalue weighted by Crippen LogP contribution is 2.23. The second-order valence-electron chi connectivity index (χ2n) is 8.02. The van der Waals surface area contributed by atoms with Gasteiger partial charge in [0.1, 0.15) is 5.60 Å². The molecule has 0 aromatic heterocycles. The van der Waals surface area contributed by atoms with Crippen LogP contribution in [0.5, 0.6) is 0 Å². The van der Waals surface area contributed by atoms with Gasteiger partial charge in [0.05, 0.1) is 15.5 Å². The van der Waals surface area contributed by atoms with Crippen molar-refractivity contribution in [1.82, 2.24) is 5.32 Å². The molecule has 0 aliphatic rings. The third-order valence-electron chi connectivity index (χ3n) is 4.15. The maximum absolute atomic E-state index is 12.4. The Morgan fingerprint density at radius 1 is 1.03 bits per heavy atom. The number of carbonyl (C=O) groups excluding carboxylic acids is 2. The summed E-state index contributed by atoms with van der Waals surface area (Å²) >= 11 is 6.00. The first-order chi connectivity index (χ1) is 15.0. The van der Waals surface area contributed by atoms with Crippen molar-refractivity contribution in [2.24, 2.45) is 0 Å². The third-order valence-corrected chi connectivity index (χ3v) is 4.48. The van der Waals surface area contributed by atoms with Crippen LogP contribution in [0.4, 0.5) is 21.9 Å². The van der Waals surface area contributed by atoms with Gasteiger partial charge < -0.3 is 20.7 Å². The minimum atomic E-state index is -0.582. The van der Waals surface area contributed by atoms with E-state index in [1.165, 1.54) is 12.1 Å². The number of nitrogens with one attached hydrogen (secondary N) is 3. The predicted octanol–water partition coefficient (Wildman–Crippen LogP) is 5.22. The van der Waals surface area contributed by atoms with Gasteiger partial charge in [0.25, 0.3) is 11.6 Å². The zero-order valence-electron chi connectivity index (χ0n) is 18.2. The van der Waals surface area contributed by atoms with Crippen LogP contribution in [0.25, 0.3) is 0 Å². The zero-order chi connectivity index (χ0) is 23.7. The van der Waals surface area contributed by atoms with Crippen LogP contribution in [0.3, 0.4) is 0 Å². The molecule has 0 aliphatic heterocycles. The van der Waals surface area contributed by atoms with Gasteiger partial charge in [-0.2, -0.15) is 0 Å². The Balaban J connectivity index is 1.76. The van der Waals surface area contributed by atoms with Crippen LogP contribution in [0.15, 0.2) is 42.5 Å². The molecule has 0 saturated heterocycles. The lowest BCUT2D eigenvalue weighted by Crippen LogP contribution is -2.33. The Hall–Kier alpha value is -3.33. The molecule has 0 unspecified atom stereocenters. The number of hydrogen-bond donors (Lipinski definition) is 3. The van der Waals surface area contributed by atoms with E-state index in [4.69, 9.17) is 16.3 Å². The minimum absolute atomic E-state index is 0.0306. The SMILES string of the molecule is CC(C)(C)OC(=O)NCCCCNc1ccc(NC(=O)c2cc([N+](=O)[O-])ccc2Cl)cc1. The number of nitrogens with zero attached hydrogens (tertiary/aromatic N) is 1. The first kappa shape index (κ1) is 24.9. The number of alkyl carbamates (subject to hydrolysis) is 1. The number of amides is 2. The van der Waals surface area contributed by atoms with Crippen LogP contribution in [-0.4, -0.2) is 35.6 Å². The van der Waals surface area contributed by atoms with Crippen molar-refractivity contribution in [3.8, 4) is 0 Å². The fraction of sp³-hybridized carbons (Fsp3) is 0.364. The molecule has 10 heteroatoms. The van der Waals surface area contributed by atoms with E-state index in [-0.39, 0.29) is 16.3 Å². The van der Waals surface area contributed by atoms with E-state index in [2.05, 4.69) is 16.0 Å². The fourth-order valence-corrected chi connectivity index (χ4v) is 2.86. The highest BCUT2D eigenvalue weighted by Gasteiger charge is 2.16. The summed E-state index contributed by atoms with van der Waals surface area (Å²) in [6, 6.07) is 10.8. The van der Waals surface area contributed by atoms with Crippen LogP contribution in [0.2, 0.25) is 5.02 Å². The van der Waals surface area contributed by atoms with E-state index in [0.717, 1.165) is 24.6 Å².